The highest BCUT2D eigenvalue weighted by Gasteiger charge is 2.31. The van der Waals surface area contributed by atoms with Crippen LogP contribution in [0.4, 0.5) is 15.8 Å². The molecule has 0 aliphatic carbocycles. The maximum Gasteiger partial charge on any atom is 0.189 e. The number of nitriles is 1. The third-order valence-electron chi connectivity index (χ3n) is 4.99. The van der Waals surface area contributed by atoms with Gasteiger partial charge in [0.25, 0.3) is 0 Å². The van der Waals surface area contributed by atoms with Crippen molar-refractivity contribution in [3.05, 3.63) is 71.6 Å². The molecule has 0 aliphatic rings. The zero-order valence-electron chi connectivity index (χ0n) is 19.0. The molecular weight excluding hydrogens is 457 g/mol. The fourth-order valence-electron chi connectivity index (χ4n) is 3.26. The van der Waals surface area contributed by atoms with Crippen molar-refractivity contribution < 1.29 is 18.7 Å². The van der Waals surface area contributed by atoms with Gasteiger partial charge in [-0.2, -0.15) is 5.26 Å². The molecule has 0 aliphatic heterocycles. The van der Waals surface area contributed by atoms with Gasteiger partial charge in [-0.3, -0.25) is 0 Å². The molecule has 2 aromatic carbocycles. The summed E-state index contributed by atoms with van der Waals surface area (Å²) >= 11 is 5.55. The topological polar surface area (TPSA) is 103 Å². The number of aldehydes is 1. The van der Waals surface area contributed by atoms with Crippen molar-refractivity contribution in [2.75, 3.05) is 17.3 Å². The van der Waals surface area contributed by atoms with Gasteiger partial charge in [-0.15, -0.1) is 0 Å². The number of aromatic amines is 1. The number of carbonyl (C=O) groups is 1. The predicted octanol–water partition coefficient (Wildman–Crippen LogP) is 4.33. The quantitative estimate of drug-likeness (QED) is 0.344. The lowest BCUT2D eigenvalue weighted by molar-refractivity contribution is -0.111. The van der Waals surface area contributed by atoms with Crippen LogP contribution in [0.1, 0.15) is 30.8 Å². The van der Waals surface area contributed by atoms with Gasteiger partial charge in [0.15, 0.2) is 16.7 Å². The standard InChI is InChI=1S/C24H24FN5O3S/c1-24(2,15-31)30(23(34)29-19-9-6-17(12-26)22(32-3)21(19)25)18-7-4-16(5-8-18)13-33-14-20-27-10-11-28-20/h4-11,15H,13-14H2,1-3H3,(H,27,28)(H,29,34). The highest BCUT2D eigenvalue weighted by atomic mass is 32.1. The second-order valence-corrected chi connectivity index (χ2v) is 8.24. The van der Waals surface area contributed by atoms with E-state index in [-0.39, 0.29) is 22.1 Å². The number of carbonyl (C=O) groups excluding carboxylic acids is 1. The lowest BCUT2D eigenvalue weighted by Gasteiger charge is -2.36. The van der Waals surface area contributed by atoms with E-state index in [1.165, 1.54) is 19.2 Å². The van der Waals surface area contributed by atoms with Crippen LogP contribution in [-0.2, 0) is 22.7 Å². The molecule has 0 unspecified atom stereocenters. The van der Waals surface area contributed by atoms with E-state index < -0.39 is 11.4 Å². The second-order valence-electron chi connectivity index (χ2n) is 7.85. The zero-order chi connectivity index (χ0) is 24.7. The highest BCUT2D eigenvalue weighted by Crippen LogP contribution is 2.30. The van der Waals surface area contributed by atoms with Crippen LogP contribution in [0.25, 0.3) is 0 Å². The minimum absolute atomic E-state index is 0.0236. The van der Waals surface area contributed by atoms with Crippen molar-refractivity contribution in [2.45, 2.75) is 32.6 Å². The molecule has 2 N–H and O–H groups in total. The average molecular weight is 482 g/mol. The number of hydrogen-bond donors (Lipinski definition) is 2. The lowest BCUT2D eigenvalue weighted by atomic mass is 10.0. The van der Waals surface area contributed by atoms with Crippen molar-refractivity contribution in [1.29, 1.82) is 5.26 Å². The summed E-state index contributed by atoms with van der Waals surface area (Å²) in [5, 5.41) is 12.1. The van der Waals surface area contributed by atoms with Gasteiger partial charge in [-0.25, -0.2) is 9.37 Å². The van der Waals surface area contributed by atoms with Crippen LogP contribution in [0.15, 0.2) is 48.8 Å². The number of hydrogen-bond acceptors (Lipinski definition) is 6. The van der Waals surface area contributed by atoms with E-state index in [0.29, 0.717) is 18.9 Å². The molecule has 0 atom stereocenters. The number of rotatable bonds is 9. The van der Waals surface area contributed by atoms with E-state index >= 15 is 0 Å². The lowest BCUT2D eigenvalue weighted by Crippen LogP contribution is -2.51. The molecule has 34 heavy (non-hydrogen) atoms. The maximum absolute atomic E-state index is 14.9. The molecule has 3 aromatic rings. The van der Waals surface area contributed by atoms with E-state index in [1.54, 1.807) is 43.3 Å². The minimum atomic E-state index is -1.03. The van der Waals surface area contributed by atoms with Gasteiger partial charge in [0.05, 0.1) is 30.5 Å². The van der Waals surface area contributed by atoms with Crippen molar-refractivity contribution in [2.24, 2.45) is 0 Å². The van der Waals surface area contributed by atoms with Crippen LogP contribution in [0, 0.1) is 17.1 Å². The number of methoxy groups -OCH3 is 1. The normalized spacial score (nSPS) is 10.9. The number of nitrogens with zero attached hydrogens (tertiary/aromatic N) is 3. The molecule has 0 bridgehead atoms. The van der Waals surface area contributed by atoms with E-state index in [1.807, 2.05) is 18.2 Å². The zero-order valence-corrected chi connectivity index (χ0v) is 19.8. The Balaban J connectivity index is 1.80. The SMILES string of the molecule is COc1c(C#N)ccc(NC(=S)N(c2ccc(COCc3ncc[nH]3)cc2)C(C)(C)C=O)c1F. The van der Waals surface area contributed by atoms with Crippen LogP contribution in [0.5, 0.6) is 5.75 Å². The number of benzene rings is 2. The first-order valence-electron chi connectivity index (χ1n) is 10.3. The summed E-state index contributed by atoms with van der Waals surface area (Å²) in [6.45, 7) is 4.12. The number of nitrogens with one attached hydrogen (secondary N) is 2. The first-order valence-corrected chi connectivity index (χ1v) is 10.7. The molecule has 0 fully saturated rings. The number of H-pyrrole nitrogens is 1. The summed E-state index contributed by atoms with van der Waals surface area (Å²) in [5.41, 5.74) is 0.599. The summed E-state index contributed by atoms with van der Waals surface area (Å²) < 4.78 is 25.6. The van der Waals surface area contributed by atoms with Gasteiger partial charge >= 0.3 is 0 Å². The number of anilines is 2. The Bertz CT molecular complexity index is 1190. The number of imidazole rings is 1. The summed E-state index contributed by atoms with van der Waals surface area (Å²) in [6, 6.07) is 12.0. The molecule has 0 saturated heterocycles. The Labute approximate surface area is 202 Å². The predicted molar refractivity (Wildman–Crippen MR) is 130 cm³/mol. The van der Waals surface area contributed by atoms with Gasteiger partial charge < -0.3 is 29.5 Å². The second kappa shape index (κ2) is 10.9. The van der Waals surface area contributed by atoms with Crippen LogP contribution in [0.3, 0.4) is 0 Å². The molecule has 10 heteroatoms. The Kier molecular flexibility index (Phi) is 7.94. The maximum atomic E-state index is 14.9. The molecular formula is C24H24FN5O3S. The van der Waals surface area contributed by atoms with E-state index in [9.17, 15) is 9.18 Å². The third kappa shape index (κ3) is 5.57. The van der Waals surface area contributed by atoms with Crippen molar-refractivity contribution in [3.8, 4) is 11.8 Å². The Morgan fingerprint density at radius 1 is 1.29 bits per heavy atom. The van der Waals surface area contributed by atoms with E-state index in [4.69, 9.17) is 27.0 Å². The summed E-state index contributed by atoms with van der Waals surface area (Å²) in [7, 11) is 1.28. The van der Waals surface area contributed by atoms with Gasteiger partial charge in [0.2, 0.25) is 0 Å². The molecule has 0 spiro atoms. The minimum Gasteiger partial charge on any atom is -0.492 e. The van der Waals surface area contributed by atoms with E-state index in [0.717, 1.165) is 17.7 Å². The number of ether oxygens (including phenoxy) is 2. The summed E-state index contributed by atoms with van der Waals surface area (Å²) in [6.07, 6.45) is 4.15. The fourth-order valence-corrected chi connectivity index (χ4v) is 3.71. The molecule has 1 aromatic heterocycles. The number of halogens is 1. The first kappa shape index (κ1) is 24.8. The van der Waals surface area contributed by atoms with Crippen LogP contribution < -0.4 is 15.0 Å². The van der Waals surface area contributed by atoms with Crippen LogP contribution in [-0.4, -0.2) is 34.0 Å². The Morgan fingerprint density at radius 3 is 2.62 bits per heavy atom. The number of thiocarbonyl (C=S) groups is 1. The molecule has 0 radical (unpaired) electrons. The van der Waals surface area contributed by atoms with Gasteiger partial charge in [0.1, 0.15) is 24.8 Å². The molecule has 1 heterocycles. The molecule has 3 rings (SSSR count). The fraction of sp³-hybridized carbons (Fsp3) is 0.250. The molecule has 8 nitrogen and oxygen atoms in total. The summed E-state index contributed by atoms with van der Waals surface area (Å²) in [5.74, 6) is -0.203. The molecule has 176 valence electrons. The Hall–Kier alpha value is -3.81. The molecule has 0 amide bonds. The highest BCUT2D eigenvalue weighted by molar-refractivity contribution is 7.80. The summed E-state index contributed by atoms with van der Waals surface area (Å²) in [4.78, 5) is 20.6. The van der Waals surface area contributed by atoms with Gasteiger partial charge in [0, 0.05) is 18.1 Å². The molecule has 0 saturated carbocycles. The first-order chi connectivity index (χ1) is 16.3. The smallest absolute Gasteiger partial charge is 0.189 e. The van der Waals surface area contributed by atoms with Crippen molar-refractivity contribution in [3.63, 3.8) is 0 Å². The Morgan fingerprint density at radius 2 is 2.03 bits per heavy atom. The average Bonchev–Trinajstić information content (AvgIpc) is 3.35. The number of aromatic nitrogens is 2. The largest absolute Gasteiger partial charge is 0.492 e. The van der Waals surface area contributed by atoms with Crippen molar-refractivity contribution >= 4 is 35.0 Å². The van der Waals surface area contributed by atoms with E-state index in [2.05, 4.69) is 15.3 Å². The van der Waals surface area contributed by atoms with Crippen molar-refractivity contribution in [1.82, 2.24) is 9.97 Å². The van der Waals surface area contributed by atoms with Crippen LogP contribution in [0.2, 0.25) is 0 Å². The van der Waals surface area contributed by atoms with Gasteiger partial charge in [-0.1, -0.05) is 12.1 Å². The van der Waals surface area contributed by atoms with Crippen LogP contribution >= 0.6 is 12.2 Å². The monoisotopic (exact) mass is 481 g/mol. The third-order valence-corrected chi connectivity index (χ3v) is 5.27. The van der Waals surface area contributed by atoms with Gasteiger partial charge in [-0.05, 0) is 55.9 Å².